The molecule has 1 saturated heterocycles. The maximum absolute atomic E-state index is 11.6. The minimum atomic E-state index is -3.11. The fourth-order valence-electron chi connectivity index (χ4n) is 2.91. The van der Waals surface area contributed by atoms with E-state index in [9.17, 15) is 8.42 Å². The molecule has 0 saturated carbocycles. The standard InChI is InChI=1S/C16H23N3O3S/c1-12-11-19(23(3,20)21)7-6-15(12)18-10-13-4-5-16(22-2)14(8-13)9-17/h4-5,8,12,15,18H,6-7,10-11H2,1-3H3/t12-,15-/m1/s1. The molecule has 0 spiro atoms. The van der Waals surface area contributed by atoms with Crippen LogP contribution in [0.2, 0.25) is 0 Å². The molecule has 2 atom stereocenters. The summed E-state index contributed by atoms with van der Waals surface area (Å²) in [5.74, 6) is 0.818. The normalized spacial score (nSPS) is 22.5. The highest BCUT2D eigenvalue weighted by Crippen LogP contribution is 2.21. The molecule has 6 nitrogen and oxygen atoms in total. The van der Waals surface area contributed by atoms with Gasteiger partial charge in [0.1, 0.15) is 11.8 Å². The smallest absolute Gasteiger partial charge is 0.211 e. The van der Waals surface area contributed by atoms with Crippen molar-refractivity contribution < 1.29 is 13.2 Å². The van der Waals surface area contributed by atoms with Crippen molar-refractivity contribution in [2.24, 2.45) is 5.92 Å². The SMILES string of the molecule is COc1ccc(CN[C@@H]2CCN(S(C)(=O)=O)C[C@H]2C)cc1C#N. The number of hydrogen-bond acceptors (Lipinski definition) is 5. The Labute approximate surface area is 138 Å². The van der Waals surface area contributed by atoms with Crippen molar-refractivity contribution in [2.75, 3.05) is 26.5 Å². The molecule has 1 aliphatic heterocycles. The third-order valence-corrected chi connectivity index (χ3v) is 5.56. The number of benzene rings is 1. The van der Waals surface area contributed by atoms with Gasteiger partial charge in [-0.15, -0.1) is 0 Å². The summed E-state index contributed by atoms with van der Waals surface area (Å²) in [6.45, 7) is 3.80. The van der Waals surface area contributed by atoms with Gasteiger partial charge in [-0.2, -0.15) is 5.26 Å². The van der Waals surface area contributed by atoms with E-state index in [0.29, 0.717) is 30.9 Å². The molecule has 126 valence electrons. The zero-order valence-electron chi connectivity index (χ0n) is 13.7. The van der Waals surface area contributed by atoms with Crippen LogP contribution in [0.4, 0.5) is 0 Å². The van der Waals surface area contributed by atoms with Gasteiger partial charge in [-0.1, -0.05) is 13.0 Å². The zero-order chi connectivity index (χ0) is 17.0. The minimum absolute atomic E-state index is 0.243. The summed E-state index contributed by atoms with van der Waals surface area (Å²) in [7, 11) is -1.56. The Morgan fingerprint density at radius 2 is 2.22 bits per heavy atom. The summed E-state index contributed by atoms with van der Waals surface area (Å²) in [5.41, 5.74) is 1.53. The lowest BCUT2D eigenvalue weighted by atomic mass is 9.95. The largest absolute Gasteiger partial charge is 0.495 e. The summed E-state index contributed by atoms with van der Waals surface area (Å²) in [5, 5.41) is 12.6. The summed E-state index contributed by atoms with van der Waals surface area (Å²) >= 11 is 0. The van der Waals surface area contributed by atoms with Crippen molar-refractivity contribution in [2.45, 2.75) is 25.9 Å². The van der Waals surface area contributed by atoms with Crippen LogP contribution < -0.4 is 10.1 Å². The predicted octanol–water partition coefficient (Wildman–Crippen LogP) is 1.33. The van der Waals surface area contributed by atoms with Crippen LogP contribution in [-0.4, -0.2) is 45.2 Å². The number of sulfonamides is 1. The second-order valence-corrected chi connectivity index (χ2v) is 8.00. The van der Waals surface area contributed by atoms with Gasteiger partial charge in [-0.25, -0.2) is 12.7 Å². The Morgan fingerprint density at radius 3 is 2.78 bits per heavy atom. The van der Waals surface area contributed by atoms with Crippen LogP contribution in [0, 0.1) is 17.2 Å². The molecule has 2 rings (SSSR count). The van der Waals surface area contributed by atoms with E-state index in [2.05, 4.69) is 18.3 Å². The Balaban J connectivity index is 1.96. The van der Waals surface area contributed by atoms with Crippen LogP contribution in [0.15, 0.2) is 18.2 Å². The van der Waals surface area contributed by atoms with E-state index in [1.54, 1.807) is 13.2 Å². The van der Waals surface area contributed by atoms with E-state index in [0.717, 1.165) is 12.0 Å². The zero-order valence-corrected chi connectivity index (χ0v) is 14.6. The van der Waals surface area contributed by atoms with Gasteiger partial charge in [0.2, 0.25) is 10.0 Å². The first-order valence-electron chi connectivity index (χ1n) is 7.60. The van der Waals surface area contributed by atoms with Crippen molar-refractivity contribution in [3.05, 3.63) is 29.3 Å². The number of rotatable bonds is 5. The Bertz CT molecular complexity index is 697. The van der Waals surface area contributed by atoms with Crippen molar-refractivity contribution in [3.63, 3.8) is 0 Å². The first kappa shape index (κ1) is 17.7. The molecule has 0 bridgehead atoms. The highest BCUT2D eigenvalue weighted by Gasteiger charge is 2.29. The number of nitriles is 1. The monoisotopic (exact) mass is 337 g/mol. The van der Waals surface area contributed by atoms with Gasteiger partial charge in [-0.05, 0) is 30.0 Å². The van der Waals surface area contributed by atoms with E-state index < -0.39 is 10.0 Å². The van der Waals surface area contributed by atoms with Gasteiger partial charge in [0.15, 0.2) is 0 Å². The number of hydrogen-bond donors (Lipinski definition) is 1. The highest BCUT2D eigenvalue weighted by atomic mass is 32.2. The fourth-order valence-corrected chi connectivity index (χ4v) is 3.86. The van der Waals surface area contributed by atoms with Crippen molar-refractivity contribution >= 4 is 10.0 Å². The summed E-state index contributed by atoms with van der Waals surface area (Å²) in [6.07, 6.45) is 2.05. The molecule has 1 aromatic rings. The summed E-state index contributed by atoms with van der Waals surface area (Å²) in [6, 6.07) is 7.95. The van der Waals surface area contributed by atoms with Crippen molar-refractivity contribution in [1.82, 2.24) is 9.62 Å². The van der Waals surface area contributed by atoms with Crippen LogP contribution in [0.3, 0.4) is 0 Å². The Morgan fingerprint density at radius 1 is 1.48 bits per heavy atom. The van der Waals surface area contributed by atoms with Gasteiger partial charge >= 0.3 is 0 Å². The summed E-state index contributed by atoms with van der Waals surface area (Å²) < 4.78 is 29.9. The molecule has 1 heterocycles. The Hall–Kier alpha value is -1.62. The second kappa shape index (κ2) is 7.30. The second-order valence-electron chi connectivity index (χ2n) is 6.02. The van der Waals surface area contributed by atoms with E-state index in [1.807, 2.05) is 12.1 Å². The average Bonchev–Trinajstić information content (AvgIpc) is 2.52. The van der Waals surface area contributed by atoms with Gasteiger partial charge in [0.05, 0.1) is 18.9 Å². The first-order valence-corrected chi connectivity index (χ1v) is 9.45. The number of methoxy groups -OCH3 is 1. The van der Waals surface area contributed by atoms with Crippen LogP contribution in [0.1, 0.15) is 24.5 Å². The van der Waals surface area contributed by atoms with Gasteiger partial charge in [-0.3, -0.25) is 0 Å². The average molecular weight is 337 g/mol. The number of ether oxygens (including phenoxy) is 1. The number of nitrogens with one attached hydrogen (secondary N) is 1. The lowest BCUT2D eigenvalue weighted by molar-refractivity contribution is 0.220. The molecule has 1 fully saturated rings. The molecule has 1 aromatic carbocycles. The molecular weight excluding hydrogens is 314 g/mol. The predicted molar refractivity (Wildman–Crippen MR) is 88.5 cm³/mol. The molecule has 0 aliphatic carbocycles. The topological polar surface area (TPSA) is 82.4 Å². The molecule has 0 radical (unpaired) electrons. The molecule has 0 unspecified atom stereocenters. The minimum Gasteiger partial charge on any atom is -0.495 e. The molecule has 1 N–H and O–H groups in total. The van der Waals surface area contributed by atoms with E-state index in [1.165, 1.54) is 10.6 Å². The van der Waals surface area contributed by atoms with Crippen molar-refractivity contribution in [1.29, 1.82) is 5.26 Å². The van der Waals surface area contributed by atoms with Gasteiger partial charge in [0, 0.05) is 25.7 Å². The maximum Gasteiger partial charge on any atom is 0.211 e. The van der Waals surface area contributed by atoms with E-state index >= 15 is 0 Å². The van der Waals surface area contributed by atoms with Gasteiger partial charge in [0.25, 0.3) is 0 Å². The number of piperidine rings is 1. The molecule has 0 aromatic heterocycles. The van der Waals surface area contributed by atoms with E-state index in [4.69, 9.17) is 10.00 Å². The van der Waals surface area contributed by atoms with Crippen molar-refractivity contribution in [3.8, 4) is 11.8 Å². The van der Waals surface area contributed by atoms with E-state index in [-0.39, 0.29) is 12.0 Å². The quantitative estimate of drug-likeness (QED) is 0.876. The van der Waals surface area contributed by atoms with Gasteiger partial charge < -0.3 is 10.1 Å². The lowest BCUT2D eigenvalue weighted by Gasteiger charge is -2.36. The number of nitrogens with zero attached hydrogens (tertiary/aromatic N) is 2. The van der Waals surface area contributed by atoms with Crippen LogP contribution in [-0.2, 0) is 16.6 Å². The molecule has 1 aliphatic rings. The van der Waals surface area contributed by atoms with Crippen LogP contribution >= 0.6 is 0 Å². The lowest BCUT2D eigenvalue weighted by Crippen LogP contribution is -2.49. The fraction of sp³-hybridized carbons (Fsp3) is 0.562. The molecule has 23 heavy (non-hydrogen) atoms. The first-order chi connectivity index (χ1) is 10.8. The molecule has 0 amide bonds. The summed E-state index contributed by atoms with van der Waals surface area (Å²) in [4.78, 5) is 0. The van der Waals surface area contributed by atoms with Crippen LogP contribution in [0.5, 0.6) is 5.75 Å². The Kier molecular flexibility index (Phi) is 5.63. The van der Waals surface area contributed by atoms with Crippen LogP contribution in [0.25, 0.3) is 0 Å². The third kappa shape index (κ3) is 4.44. The molecule has 7 heteroatoms. The third-order valence-electron chi connectivity index (χ3n) is 4.29. The maximum atomic E-state index is 11.6. The molecular formula is C16H23N3O3S. The highest BCUT2D eigenvalue weighted by molar-refractivity contribution is 7.88.